The first-order valence-corrected chi connectivity index (χ1v) is 6.49. The van der Waals surface area contributed by atoms with Crippen molar-refractivity contribution >= 4 is 23.4 Å². The number of nitrogens with zero attached hydrogens (tertiary/aromatic N) is 1. The van der Waals surface area contributed by atoms with E-state index in [-0.39, 0.29) is 0 Å². The molecule has 1 heterocycles. The van der Waals surface area contributed by atoms with Gasteiger partial charge in [-0.2, -0.15) is 0 Å². The molecule has 4 heteroatoms. The van der Waals surface area contributed by atoms with E-state index in [0.717, 1.165) is 5.03 Å². The fourth-order valence-corrected chi connectivity index (χ4v) is 3.21. The van der Waals surface area contributed by atoms with Gasteiger partial charge in [0.1, 0.15) is 0 Å². The van der Waals surface area contributed by atoms with Gasteiger partial charge in [0.25, 0.3) is 0 Å². The first kappa shape index (κ1) is 11.2. The molecule has 0 amide bonds. The van der Waals surface area contributed by atoms with Crippen LogP contribution in [-0.4, -0.2) is 23.3 Å². The second-order valence-electron chi connectivity index (χ2n) is 3.85. The largest absolute Gasteiger partial charge is 0.317 e. The van der Waals surface area contributed by atoms with Gasteiger partial charge in [0.05, 0.1) is 10.0 Å². The van der Waals surface area contributed by atoms with Crippen LogP contribution in [0.25, 0.3) is 0 Å². The van der Waals surface area contributed by atoms with Gasteiger partial charge in [-0.25, -0.2) is 4.98 Å². The van der Waals surface area contributed by atoms with Crippen molar-refractivity contribution in [2.75, 3.05) is 7.05 Å². The van der Waals surface area contributed by atoms with Crippen LogP contribution in [0.4, 0.5) is 0 Å². The van der Waals surface area contributed by atoms with E-state index in [1.807, 2.05) is 30.9 Å². The molecular weight excluding hydrogens is 228 g/mol. The molecule has 2 atom stereocenters. The zero-order chi connectivity index (χ0) is 10.7. The fraction of sp³-hybridized carbons (Fsp3) is 0.545. The summed E-state index contributed by atoms with van der Waals surface area (Å²) in [6.45, 7) is 0. The highest BCUT2D eigenvalue weighted by molar-refractivity contribution is 7.99. The summed E-state index contributed by atoms with van der Waals surface area (Å²) in [5.41, 5.74) is 0. The Labute approximate surface area is 99.8 Å². The molecule has 2 nitrogen and oxygen atoms in total. The first-order chi connectivity index (χ1) is 7.28. The Morgan fingerprint density at radius 1 is 1.47 bits per heavy atom. The van der Waals surface area contributed by atoms with E-state index in [2.05, 4.69) is 10.3 Å². The van der Waals surface area contributed by atoms with Gasteiger partial charge in [-0.3, -0.25) is 0 Å². The van der Waals surface area contributed by atoms with E-state index in [1.54, 1.807) is 6.20 Å². The summed E-state index contributed by atoms with van der Waals surface area (Å²) >= 11 is 7.66. The number of rotatable bonds is 3. The Bertz CT molecular complexity index is 315. The summed E-state index contributed by atoms with van der Waals surface area (Å²) in [6, 6.07) is 4.59. The maximum absolute atomic E-state index is 5.79. The van der Waals surface area contributed by atoms with Crippen LogP contribution in [0, 0.1) is 0 Å². The van der Waals surface area contributed by atoms with Crippen LogP contribution in [0.3, 0.4) is 0 Å². The van der Waals surface area contributed by atoms with Crippen molar-refractivity contribution in [3.05, 3.63) is 23.4 Å². The predicted octanol–water partition coefficient (Wildman–Crippen LogP) is 2.97. The van der Waals surface area contributed by atoms with Gasteiger partial charge in [-0.15, -0.1) is 11.8 Å². The summed E-state index contributed by atoms with van der Waals surface area (Å²) in [5.74, 6) is 0. The van der Waals surface area contributed by atoms with E-state index in [4.69, 9.17) is 11.6 Å². The van der Waals surface area contributed by atoms with Crippen LogP contribution in [0.5, 0.6) is 0 Å². The average Bonchev–Trinajstić information content (AvgIpc) is 2.69. The third-order valence-corrected chi connectivity index (χ3v) is 4.25. The highest BCUT2D eigenvalue weighted by Crippen LogP contribution is 2.33. The zero-order valence-corrected chi connectivity index (χ0v) is 10.3. The van der Waals surface area contributed by atoms with E-state index in [9.17, 15) is 0 Å². The topological polar surface area (TPSA) is 24.9 Å². The number of halogens is 1. The number of hydrogen-bond donors (Lipinski definition) is 1. The SMILES string of the molecule is CNC1CCC(Sc2ccc(Cl)cn2)C1. The third kappa shape index (κ3) is 3.10. The summed E-state index contributed by atoms with van der Waals surface area (Å²) in [6.07, 6.45) is 5.52. The lowest BCUT2D eigenvalue weighted by Gasteiger charge is -2.09. The minimum absolute atomic E-state index is 0.690. The second kappa shape index (κ2) is 5.19. The number of hydrogen-bond acceptors (Lipinski definition) is 3. The Morgan fingerprint density at radius 3 is 2.93 bits per heavy atom. The van der Waals surface area contributed by atoms with Crippen molar-refractivity contribution in [3.63, 3.8) is 0 Å². The molecule has 0 bridgehead atoms. The molecule has 0 saturated heterocycles. The Kier molecular flexibility index (Phi) is 3.89. The van der Waals surface area contributed by atoms with Crippen molar-refractivity contribution in [2.24, 2.45) is 0 Å². The monoisotopic (exact) mass is 242 g/mol. The van der Waals surface area contributed by atoms with Gasteiger partial charge in [-0.05, 0) is 38.4 Å². The number of thioether (sulfide) groups is 1. The fourth-order valence-electron chi connectivity index (χ4n) is 1.91. The van der Waals surface area contributed by atoms with Crippen LogP contribution < -0.4 is 5.32 Å². The molecule has 0 aliphatic heterocycles. The van der Waals surface area contributed by atoms with Gasteiger partial charge in [0, 0.05) is 17.5 Å². The minimum atomic E-state index is 0.690. The zero-order valence-electron chi connectivity index (χ0n) is 8.74. The predicted molar refractivity (Wildman–Crippen MR) is 65.6 cm³/mol. The van der Waals surface area contributed by atoms with Crippen molar-refractivity contribution in [2.45, 2.75) is 35.6 Å². The minimum Gasteiger partial charge on any atom is -0.317 e. The molecule has 1 aliphatic rings. The molecule has 1 saturated carbocycles. The van der Waals surface area contributed by atoms with E-state index in [1.165, 1.54) is 19.3 Å². The normalized spacial score (nSPS) is 25.7. The number of nitrogens with one attached hydrogen (secondary N) is 1. The smallest absolute Gasteiger partial charge is 0.0963 e. The molecule has 15 heavy (non-hydrogen) atoms. The van der Waals surface area contributed by atoms with Gasteiger partial charge >= 0.3 is 0 Å². The quantitative estimate of drug-likeness (QED) is 0.882. The van der Waals surface area contributed by atoms with Crippen molar-refractivity contribution in [3.8, 4) is 0 Å². The summed E-state index contributed by atoms with van der Waals surface area (Å²) < 4.78 is 0. The highest BCUT2D eigenvalue weighted by atomic mass is 35.5. The molecule has 1 aliphatic carbocycles. The van der Waals surface area contributed by atoms with Gasteiger partial charge in [0.2, 0.25) is 0 Å². The van der Waals surface area contributed by atoms with Crippen molar-refractivity contribution < 1.29 is 0 Å². The van der Waals surface area contributed by atoms with Gasteiger partial charge in [0.15, 0.2) is 0 Å². The van der Waals surface area contributed by atoms with Gasteiger partial charge in [-0.1, -0.05) is 11.6 Å². The molecule has 1 N–H and O–H groups in total. The first-order valence-electron chi connectivity index (χ1n) is 5.23. The maximum Gasteiger partial charge on any atom is 0.0963 e. The molecule has 2 unspecified atom stereocenters. The molecule has 2 rings (SSSR count). The summed E-state index contributed by atoms with van der Waals surface area (Å²) in [4.78, 5) is 4.30. The lowest BCUT2D eigenvalue weighted by molar-refractivity contribution is 0.583. The molecule has 0 radical (unpaired) electrons. The molecule has 1 aromatic rings. The average molecular weight is 243 g/mol. The highest BCUT2D eigenvalue weighted by Gasteiger charge is 2.24. The lowest BCUT2D eigenvalue weighted by atomic mass is 10.3. The van der Waals surface area contributed by atoms with E-state index < -0.39 is 0 Å². The standard InChI is InChI=1S/C11H15ClN2S/c1-13-9-3-4-10(6-9)15-11-5-2-8(12)7-14-11/h2,5,7,9-10,13H,3-4,6H2,1H3. The van der Waals surface area contributed by atoms with Crippen molar-refractivity contribution in [1.29, 1.82) is 0 Å². The van der Waals surface area contributed by atoms with E-state index in [0.29, 0.717) is 16.3 Å². The Hall–Kier alpha value is -0.250. The number of aromatic nitrogens is 1. The van der Waals surface area contributed by atoms with Crippen LogP contribution in [0.15, 0.2) is 23.4 Å². The molecule has 1 fully saturated rings. The van der Waals surface area contributed by atoms with Crippen molar-refractivity contribution in [1.82, 2.24) is 10.3 Å². The maximum atomic E-state index is 5.79. The van der Waals surface area contributed by atoms with E-state index >= 15 is 0 Å². The lowest BCUT2D eigenvalue weighted by Crippen LogP contribution is -2.21. The summed E-state index contributed by atoms with van der Waals surface area (Å²) in [5, 5.41) is 5.83. The van der Waals surface area contributed by atoms with Crippen LogP contribution in [0.2, 0.25) is 5.02 Å². The summed E-state index contributed by atoms with van der Waals surface area (Å²) in [7, 11) is 2.04. The van der Waals surface area contributed by atoms with Gasteiger partial charge < -0.3 is 5.32 Å². The molecule has 0 aromatic carbocycles. The van der Waals surface area contributed by atoms with Crippen LogP contribution in [-0.2, 0) is 0 Å². The third-order valence-electron chi connectivity index (χ3n) is 2.78. The molecule has 1 aromatic heterocycles. The second-order valence-corrected chi connectivity index (χ2v) is 5.61. The number of pyridine rings is 1. The molecular formula is C11H15ClN2S. The Morgan fingerprint density at radius 2 is 2.33 bits per heavy atom. The van der Waals surface area contributed by atoms with Crippen LogP contribution in [0.1, 0.15) is 19.3 Å². The molecule has 82 valence electrons. The Balaban J connectivity index is 1.90. The van der Waals surface area contributed by atoms with Crippen LogP contribution >= 0.6 is 23.4 Å². The molecule has 0 spiro atoms.